The van der Waals surface area contributed by atoms with Gasteiger partial charge in [-0.05, 0) is 37.1 Å². The highest BCUT2D eigenvalue weighted by Gasteiger charge is 2.16. The highest BCUT2D eigenvalue weighted by Crippen LogP contribution is 2.26. The van der Waals surface area contributed by atoms with Crippen molar-refractivity contribution in [2.45, 2.75) is 24.8 Å². The van der Waals surface area contributed by atoms with Crippen molar-refractivity contribution in [1.29, 1.82) is 0 Å². The van der Waals surface area contributed by atoms with Crippen LogP contribution in [0.5, 0.6) is 0 Å². The number of rotatable bonds is 6. The van der Waals surface area contributed by atoms with E-state index >= 15 is 0 Å². The van der Waals surface area contributed by atoms with E-state index in [0.717, 1.165) is 0 Å². The van der Waals surface area contributed by atoms with Gasteiger partial charge in [0, 0.05) is 25.5 Å². The molecule has 0 amide bonds. The Bertz CT molecular complexity index is 691. The lowest BCUT2D eigenvalue weighted by Crippen LogP contribution is -2.25. The number of nitrogen functional groups attached to an aromatic ring is 1. The van der Waals surface area contributed by atoms with Crippen LogP contribution in [0.15, 0.2) is 35.5 Å². The molecule has 6 nitrogen and oxygen atoms in total. The summed E-state index contributed by atoms with van der Waals surface area (Å²) < 4.78 is 28.6. The third-order valence-corrected chi connectivity index (χ3v) is 4.94. The fraction of sp³-hybridized carbons (Fsp3) is 0.308. The molecule has 0 spiro atoms. The van der Waals surface area contributed by atoms with Gasteiger partial charge < -0.3 is 5.73 Å². The van der Waals surface area contributed by atoms with Crippen molar-refractivity contribution in [3.63, 3.8) is 0 Å². The summed E-state index contributed by atoms with van der Waals surface area (Å²) in [5.74, 6) is 0. The van der Waals surface area contributed by atoms with E-state index in [-0.39, 0.29) is 10.6 Å². The monoisotopic (exact) mass is 328 g/mol. The number of nitrogens with zero attached hydrogens (tertiary/aromatic N) is 2. The molecule has 0 aliphatic carbocycles. The molecule has 114 valence electrons. The Kier molecular flexibility index (Phi) is 4.87. The van der Waals surface area contributed by atoms with E-state index in [4.69, 9.17) is 17.3 Å². The molecule has 8 heteroatoms. The number of hydrogen-bond acceptors (Lipinski definition) is 4. The summed E-state index contributed by atoms with van der Waals surface area (Å²) in [6.07, 6.45) is 4.16. The van der Waals surface area contributed by atoms with Gasteiger partial charge in [-0.3, -0.25) is 4.68 Å². The van der Waals surface area contributed by atoms with Crippen LogP contribution in [0, 0.1) is 6.92 Å². The Morgan fingerprint density at radius 3 is 2.81 bits per heavy atom. The molecule has 0 radical (unpaired) electrons. The van der Waals surface area contributed by atoms with Crippen LogP contribution in [0.25, 0.3) is 0 Å². The van der Waals surface area contributed by atoms with Gasteiger partial charge in [-0.1, -0.05) is 11.6 Å². The van der Waals surface area contributed by atoms with Crippen molar-refractivity contribution >= 4 is 27.3 Å². The molecule has 21 heavy (non-hydrogen) atoms. The van der Waals surface area contributed by atoms with Gasteiger partial charge in [0.15, 0.2) is 0 Å². The van der Waals surface area contributed by atoms with Gasteiger partial charge in [-0.2, -0.15) is 5.10 Å². The zero-order valence-corrected chi connectivity index (χ0v) is 13.2. The zero-order valence-electron chi connectivity index (χ0n) is 11.6. The van der Waals surface area contributed by atoms with Crippen molar-refractivity contribution in [1.82, 2.24) is 14.5 Å². The highest BCUT2D eigenvalue weighted by atomic mass is 35.5. The third-order valence-electron chi connectivity index (χ3n) is 2.98. The van der Waals surface area contributed by atoms with E-state index in [1.165, 1.54) is 12.1 Å². The van der Waals surface area contributed by atoms with Crippen molar-refractivity contribution in [3.8, 4) is 0 Å². The summed E-state index contributed by atoms with van der Waals surface area (Å²) in [6, 6.07) is 4.70. The van der Waals surface area contributed by atoms with Crippen LogP contribution in [-0.2, 0) is 16.6 Å². The minimum absolute atomic E-state index is 0.126. The molecule has 0 fully saturated rings. The van der Waals surface area contributed by atoms with E-state index < -0.39 is 10.0 Å². The Hall–Kier alpha value is -1.57. The standard InChI is InChI=1S/C13H17ClN4O2S/c1-10-8-11(9-12(15)13(10)14)21(19,20)17-5-3-7-18-6-2-4-16-18/h2,4,6,8-9,17H,3,5,7,15H2,1H3. The molecule has 2 rings (SSSR count). The molecule has 0 aliphatic rings. The quantitative estimate of drug-likeness (QED) is 0.625. The molecule has 0 saturated carbocycles. The van der Waals surface area contributed by atoms with Gasteiger partial charge in [-0.15, -0.1) is 0 Å². The average Bonchev–Trinajstić information content (AvgIpc) is 2.93. The first-order valence-electron chi connectivity index (χ1n) is 6.43. The van der Waals surface area contributed by atoms with Gasteiger partial charge in [0.05, 0.1) is 15.6 Å². The number of aryl methyl sites for hydroxylation is 2. The second-order valence-corrected chi connectivity index (χ2v) is 6.81. The Balaban J connectivity index is 1.98. The predicted octanol–water partition coefficient (Wildman–Crippen LogP) is 1.80. The van der Waals surface area contributed by atoms with Crippen molar-refractivity contribution in [2.75, 3.05) is 12.3 Å². The number of nitrogens with two attached hydrogens (primary N) is 1. The lowest BCUT2D eigenvalue weighted by atomic mass is 10.2. The molecular formula is C13H17ClN4O2S. The van der Waals surface area contributed by atoms with Crippen LogP contribution in [0.4, 0.5) is 5.69 Å². The van der Waals surface area contributed by atoms with Gasteiger partial charge in [0.25, 0.3) is 0 Å². The van der Waals surface area contributed by atoms with Gasteiger partial charge in [-0.25, -0.2) is 13.1 Å². The Morgan fingerprint density at radius 2 is 2.19 bits per heavy atom. The normalized spacial score (nSPS) is 11.7. The second kappa shape index (κ2) is 6.46. The van der Waals surface area contributed by atoms with Crippen LogP contribution >= 0.6 is 11.6 Å². The van der Waals surface area contributed by atoms with E-state index in [1.807, 2.05) is 12.3 Å². The summed E-state index contributed by atoms with van der Waals surface area (Å²) in [7, 11) is -3.58. The summed E-state index contributed by atoms with van der Waals surface area (Å²) in [5, 5.41) is 4.43. The number of aromatic nitrogens is 2. The molecule has 3 N–H and O–H groups in total. The van der Waals surface area contributed by atoms with Crippen molar-refractivity contribution < 1.29 is 8.42 Å². The number of hydrogen-bond donors (Lipinski definition) is 2. The van der Waals surface area contributed by atoms with Gasteiger partial charge >= 0.3 is 0 Å². The van der Waals surface area contributed by atoms with E-state index in [9.17, 15) is 8.42 Å². The topological polar surface area (TPSA) is 90.0 Å². The first kappa shape index (κ1) is 15.8. The lowest BCUT2D eigenvalue weighted by molar-refractivity contribution is 0.553. The molecule has 0 atom stereocenters. The Morgan fingerprint density at radius 1 is 1.43 bits per heavy atom. The number of sulfonamides is 1. The van der Waals surface area contributed by atoms with Crippen LogP contribution < -0.4 is 10.5 Å². The fourth-order valence-electron chi connectivity index (χ4n) is 1.88. The summed E-state index contributed by atoms with van der Waals surface area (Å²) in [5.41, 5.74) is 6.59. The van der Waals surface area contributed by atoms with E-state index in [0.29, 0.717) is 30.1 Å². The van der Waals surface area contributed by atoms with E-state index in [2.05, 4.69) is 9.82 Å². The van der Waals surface area contributed by atoms with Crippen LogP contribution in [-0.4, -0.2) is 24.7 Å². The van der Waals surface area contributed by atoms with Crippen LogP contribution in [0.2, 0.25) is 5.02 Å². The summed E-state index contributed by atoms with van der Waals surface area (Å²) in [4.78, 5) is 0.126. The third kappa shape index (κ3) is 3.96. The molecule has 0 bridgehead atoms. The molecule has 0 unspecified atom stereocenters. The van der Waals surface area contributed by atoms with Gasteiger partial charge in [0.2, 0.25) is 10.0 Å². The summed E-state index contributed by atoms with van der Waals surface area (Å²) in [6.45, 7) is 2.69. The Labute approximate surface area is 129 Å². The lowest BCUT2D eigenvalue weighted by Gasteiger charge is -2.10. The average molecular weight is 329 g/mol. The number of anilines is 1. The molecule has 1 aromatic heterocycles. The molecule has 0 aliphatic heterocycles. The first-order valence-corrected chi connectivity index (χ1v) is 8.29. The molecule has 0 saturated heterocycles. The summed E-state index contributed by atoms with van der Waals surface area (Å²) >= 11 is 5.93. The van der Waals surface area contributed by atoms with E-state index in [1.54, 1.807) is 17.8 Å². The largest absolute Gasteiger partial charge is 0.397 e. The van der Waals surface area contributed by atoms with Gasteiger partial charge in [0.1, 0.15) is 0 Å². The van der Waals surface area contributed by atoms with Crippen LogP contribution in [0.1, 0.15) is 12.0 Å². The van der Waals surface area contributed by atoms with Crippen LogP contribution in [0.3, 0.4) is 0 Å². The predicted molar refractivity (Wildman–Crippen MR) is 82.6 cm³/mol. The first-order chi connectivity index (χ1) is 9.90. The number of benzene rings is 1. The number of halogens is 1. The number of nitrogens with one attached hydrogen (secondary N) is 1. The maximum Gasteiger partial charge on any atom is 0.240 e. The molecule has 1 heterocycles. The maximum atomic E-state index is 12.2. The molecular weight excluding hydrogens is 312 g/mol. The van der Waals surface area contributed by atoms with Crippen molar-refractivity contribution in [3.05, 3.63) is 41.2 Å². The highest BCUT2D eigenvalue weighted by molar-refractivity contribution is 7.89. The second-order valence-electron chi connectivity index (χ2n) is 4.66. The molecule has 1 aromatic carbocycles. The smallest absolute Gasteiger partial charge is 0.240 e. The SMILES string of the molecule is Cc1cc(S(=O)(=O)NCCCn2cccn2)cc(N)c1Cl. The molecule has 2 aromatic rings. The fourth-order valence-corrected chi connectivity index (χ4v) is 3.18. The zero-order chi connectivity index (χ0) is 15.5. The van der Waals surface area contributed by atoms with Crippen molar-refractivity contribution in [2.24, 2.45) is 0 Å². The minimum Gasteiger partial charge on any atom is -0.397 e. The maximum absolute atomic E-state index is 12.2. The minimum atomic E-state index is -3.58.